The van der Waals surface area contributed by atoms with Crippen LogP contribution in [0.2, 0.25) is 0 Å². The average Bonchev–Trinajstić information content (AvgIpc) is 2.51. The second-order valence-corrected chi connectivity index (χ2v) is 5.93. The smallest absolute Gasteiger partial charge is 0.243 e. The zero-order chi connectivity index (χ0) is 17.4. The summed E-state index contributed by atoms with van der Waals surface area (Å²) in [5, 5.41) is 5.21. The van der Waals surface area contributed by atoms with Gasteiger partial charge in [-0.25, -0.2) is 0 Å². The van der Waals surface area contributed by atoms with Crippen molar-refractivity contribution in [3.05, 3.63) is 29.8 Å². The van der Waals surface area contributed by atoms with Gasteiger partial charge in [0.2, 0.25) is 11.8 Å². The number of benzene rings is 1. The van der Waals surface area contributed by atoms with Crippen LogP contribution < -0.4 is 16.4 Å². The zero-order valence-electron chi connectivity index (χ0n) is 13.9. The molecule has 4 N–H and O–H groups in total. The first-order chi connectivity index (χ1) is 10.8. The van der Waals surface area contributed by atoms with Gasteiger partial charge in [-0.1, -0.05) is 26.0 Å². The number of carbonyl (C=O) groups is 3. The number of nitrogens with one attached hydrogen (secondary N) is 2. The summed E-state index contributed by atoms with van der Waals surface area (Å²) >= 11 is 0. The number of rotatable bonds is 8. The lowest BCUT2D eigenvalue weighted by atomic mass is 10.1. The molecule has 0 radical (unpaired) electrons. The second kappa shape index (κ2) is 9.05. The third-order valence-corrected chi connectivity index (χ3v) is 3.45. The standard InChI is InChI=1S/C17H25N3O3/c1-11(2)16(18)17(23)19-10-15(22)20-14-8-6-13(7-9-14)5-4-12(3)21/h6-9,11,16H,4-5,10,18H2,1-3H3,(H,19,23)(H,20,22). The maximum atomic E-state index is 11.8. The lowest BCUT2D eigenvalue weighted by molar-refractivity contribution is -0.125. The van der Waals surface area contributed by atoms with Crippen molar-refractivity contribution in [1.82, 2.24) is 5.32 Å². The lowest BCUT2D eigenvalue weighted by Crippen LogP contribution is -2.46. The molecule has 0 aromatic heterocycles. The Morgan fingerprint density at radius 1 is 1.13 bits per heavy atom. The summed E-state index contributed by atoms with van der Waals surface area (Å²) < 4.78 is 0. The number of nitrogens with two attached hydrogens (primary N) is 1. The van der Waals surface area contributed by atoms with Gasteiger partial charge in [-0.2, -0.15) is 0 Å². The van der Waals surface area contributed by atoms with E-state index in [1.54, 1.807) is 19.1 Å². The van der Waals surface area contributed by atoms with Gasteiger partial charge in [0, 0.05) is 12.1 Å². The van der Waals surface area contributed by atoms with Crippen LogP contribution in [-0.2, 0) is 20.8 Å². The Hall–Kier alpha value is -2.21. The molecule has 1 atom stereocenters. The van der Waals surface area contributed by atoms with Crippen molar-refractivity contribution in [3.8, 4) is 0 Å². The molecule has 0 saturated heterocycles. The maximum Gasteiger partial charge on any atom is 0.243 e. The average molecular weight is 319 g/mol. The van der Waals surface area contributed by atoms with E-state index >= 15 is 0 Å². The van der Waals surface area contributed by atoms with Gasteiger partial charge < -0.3 is 21.2 Å². The van der Waals surface area contributed by atoms with Crippen molar-refractivity contribution >= 4 is 23.3 Å². The van der Waals surface area contributed by atoms with Crippen molar-refractivity contribution in [2.75, 3.05) is 11.9 Å². The molecule has 6 nitrogen and oxygen atoms in total. The number of anilines is 1. The summed E-state index contributed by atoms with van der Waals surface area (Å²) in [6.45, 7) is 5.13. The third-order valence-electron chi connectivity index (χ3n) is 3.45. The fourth-order valence-electron chi connectivity index (χ4n) is 1.87. The van der Waals surface area contributed by atoms with Gasteiger partial charge in [-0.05, 0) is 37.0 Å². The van der Waals surface area contributed by atoms with Gasteiger partial charge in [-0.3, -0.25) is 9.59 Å². The van der Waals surface area contributed by atoms with Crippen molar-refractivity contribution in [3.63, 3.8) is 0 Å². The van der Waals surface area contributed by atoms with Crippen molar-refractivity contribution in [2.45, 2.75) is 39.7 Å². The highest BCUT2D eigenvalue weighted by atomic mass is 16.2. The molecular weight excluding hydrogens is 294 g/mol. The Bertz CT molecular complexity index is 553. The van der Waals surface area contributed by atoms with Crippen LogP contribution in [0.1, 0.15) is 32.8 Å². The molecule has 1 unspecified atom stereocenters. The molecular formula is C17H25N3O3. The lowest BCUT2D eigenvalue weighted by Gasteiger charge is -2.15. The fourth-order valence-corrected chi connectivity index (χ4v) is 1.87. The molecule has 23 heavy (non-hydrogen) atoms. The van der Waals surface area contributed by atoms with Crippen molar-refractivity contribution in [1.29, 1.82) is 0 Å². The number of ketones is 1. The highest BCUT2D eigenvalue weighted by molar-refractivity contribution is 5.95. The van der Waals surface area contributed by atoms with E-state index in [0.29, 0.717) is 18.5 Å². The summed E-state index contributed by atoms with van der Waals surface area (Å²) in [5.41, 5.74) is 7.38. The molecule has 0 fully saturated rings. The molecule has 0 bridgehead atoms. The van der Waals surface area contributed by atoms with E-state index in [4.69, 9.17) is 5.73 Å². The molecule has 2 amide bonds. The van der Waals surface area contributed by atoms with Crippen LogP contribution in [0, 0.1) is 5.92 Å². The molecule has 0 saturated carbocycles. The molecule has 0 aliphatic carbocycles. The minimum atomic E-state index is -0.622. The van der Waals surface area contributed by atoms with Gasteiger partial charge in [0.05, 0.1) is 12.6 Å². The van der Waals surface area contributed by atoms with Crippen LogP contribution in [0.15, 0.2) is 24.3 Å². The summed E-state index contributed by atoms with van der Waals surface area (Å²) in [6.07, 6.45) is 1.19. The Morgan fingerprint density at radius 2 is 1.74 bits per heavy atom. The summed E-state index contributed by atoms with van der Waals surface area (Å²) in [6, 6.07) is 6.66. The van der Waals surface area contributed by atoms with Crippen LogP contribution in [0.5, 0.6) is 0 Å². The molecule has 1 aromatic rings. The predicted octanol–water partition coefficient (Wildman–Crippen LogP) is 1.25. The quantitative estimate of drug-likeness (QED) is 0.671. The normalized spacial score (nSPS) is 11.9. The van der Waals surface area contributed by atoms with Gasteiger partial charge >= 0.3 is 0 Å². The molecule has 0 heterocycles. The third kappa shape index (κ3) is 7.06. The summed E-state index contributed by atoms with van der Waals surface area (Å²) in [4.78, 5) is 34.4. The van der Waals surface area contributed by atoms with Crippen LogP contribution in [0.3, 0.4) is 0 Å². The van der Waals surface area contributed by atoms with Gasteiger partial charge in [0.1, 0.15) is 5.78 Å². The minimum Gasteiger partial charge on any atom is -0.346 e. The SMILES string of the molecule is CC(=O)CCc1ccc(NC(=O)CNC(=O)C(N)C(C)C)cc1. The number of hydrogen-bond acceptors (Lipinski definition) is 4. The first kappa shape index (κ1) is 18.8. The zero-order valence-corrected chi connectivity index (χ0v) is 13.9. The number of aryl methyl sites for hydroxylation is 1. The monoisotopic (exact) mass is 319 g/mol. The Kier molecular flexibility index (Phi) is 7.41. The molecule has 1 aromatic carbocycles. The molecule has 6 heteroatoms. The molecule has 0 aliphatic heterocycles. The molecule has 0 spiro atoms. The van der Waals surface area contributed by atoms with E-state index in [2.05, 4.69) is 10.6 Å². The van der Waals surface area contributed by atoms with E-state index in [0.717, 1.165) is 5.56 Å². The Morgan fingerprint density at radius 3 is 2.26 bits per heavy atom. The number of carbonyl (C=O) groups excluding carboxylic acids is 3. The maximum absolute atomic E-state index is 11.8. The van der Waals surface area contributed by atoms with Gasteiger partial charge in [-0.15, -0.1) is 0 Å². The van der Waals surface area contributed by atoms with E-state index in [1.165, 1.54) is 0 Å². The second-order valence-electron chi connectivity index (χ2n) is 5.93. The van der Waals surface area contributed by atoms with Crippen LogP contribution in [0.25, 0.3) is 0 Å². The first-order valence-corrected chi connectivity index (χ1v) is 7.71. The predicted molar refractivity (Wildman–Crippen MR) is 89.9 cm³/mol. The van der Waals surface area contributed by atoms with E-state index < -0.39 is 6.04 Å². The minimum absolute atomic E-state index is 0.0145. The highest BCUT2D eigenvalue weighted by Crippen LogP contribution is 2.11. The number of amides is 2. The fraction of sp³-hybridized carbons (Fsp3) is 0.471. The largest absolute Gasteiger partial charge is 0.346 e. The van der Waals surface area contributed by atoms with Gasteiger partial charge in [0.25, 0.3) is 0 Å². The number of Topliss-reactive ketones (excluding diaryl/α,β-unsaturated/α-hetero) is 1. The topological polar surface area (TPSA) is 101 Å². The van der Waals surface area contributed by atoms with Crippen molar-refractivity contribution in [2.24, 2.45) is 11.7 Å². The summed E-state index contributed by atoms with van der Waals surface area (Å²) in [5.74, 6) is -0.487. The van der Waals surface area contributed by atoms with Crippen LogP contribution in [0.4, 0.5) is 5.69 Å². The van der Waals surface area contributed by atoms with Crippen LogP contribution >= 0.6 is 0 Å². The summed E-state index contributed by atoms with van der Waals surface area (Å²) in [7, 11) is 0. The number of hydrogen-bond donors (Lipinski definition) is 3. The van der Waals surface area contributed by atoms with E-state index in [1.807, 2.05) is 26.0 Å². The van der Waals surface area contributed by atoms with Crippen LogP contribution in [-0.4, -0.2) is 30.2 Å². The molecule has 126 valence electrons. The van der Waals surface area contributed by atoms with E-state index in [-0.39, 0.29) is 30.1 Å². The van der Waals surface area contributed by atoms with Gasteiger partial charge in [0.15, 0.2) is 0 Å². The highest BCUT2D eigenvalue weighted by Gasteiger charge is 2.17. The molecule has 1 rings (SSSR count). The molecule has 0 aliphatic rings. The van der Waals surface area contributed by atoms with E-state index in [9.17, 15) is 14.4 Å². The Balaban J connectivity index is 2.42. The Labute approximate surface area is 136 Å². The first-order valence-electron chi connectivity index (χ1n) is 7.71. The van der Waals surface area contributed by atoms with Crippen molar-refractivity contribution < 1.29 is 14.4 Å².